The maximum absolute atomic E-state index is 11.4. The predicted octanol–water partition coefficient (Wildman–Crippen LogP) is 2.44. The van der Waals surface area contributed by atoms with Crippen LogP contribution >= 0.6 is 0 Å². The maximum atomic E-state index is 11.4. The minimum atomic E-state index is -1.09. The largest absolute Gasteiger partial charge is 0.375 e. The highest BCUT2D eigenvalue weighted by Crippen LogP contribution is 2.22. The van der Waals surface area contributed by atoms with Gasteiger partial charge in [-0.3, -0.25) is 15.1 Å². The Balaban J connectivity index is 2.51. The highest BCUT2D eigenvalue weighted by Gasteiger charge is 2.30. The van der Waals surface area contributed by atoms with E-state index in [2.05, 4.69) is 4.99 Å². The van der Waals surface area contributed by atoms with Crippen LogP contribution < -0.4 is 0 Å². The summed E-state index contributed by atoms with van der Waals surface area (Å²) in [7, 11) is 0. The second-order valence-electron chi connectivity index (χ2n) is 4.15. The molecule has 0 saturated carbocycles. The second kappa shape index (κ2) is 6.58. The predicted molar refractivity (Wildman–Crippen MR) is 76.2 cm³/mol. The van der Waals surface area contributed by atoms with E-state index in [9.17, 15) is 10.1 Å². The van der Waals surface area contributed by atoms with Crippen LogP contribution in [0.1, 0.15) is 17.2 Å². The van der Waals surface area contributed by atoms with Crippen LogP contribution in [0.15, 0.2) is 65.7 Å². The smallest absolute Gasteiger partial charge is 0.279 e. The average Bonchev–Trinajstić information content (AvgIpc) is 2.48. The zero-order valence-electron chi connectivity index (χ0n) is 10.7. The van der Waals surface area contributed by atoms with Crippen molar-refractivity contribution in [2.75, 3.05) is 6.73 Å². The van der Waals surface area contributed by atoms with Crippen molar-refractivity contribution in [1.82, 2.24) is 0 Å². The molecule has 20 heavy (non-hydrogen) atoms. The first-order chi connectivity index (χ1) is 9.74. The quantitative estimate of drug-likeness (QED) is 0.515. The van der Waals surface area contributed by atoms with E-state index in [4.69, 9.17) is 5.11 Å². The lowest BCUT2D eigenvalue weighted by atomic mass is 9.97. The highest BCUT2D eigenvalue weighted by atomic mass is 16.6. The van der Waals surface area contributed by atoms with Gasteiger partial charge < -0.3 is 5.11 Å². The SMILES string of the molecule is O=[N+]([O-])C(C(=NCO)c1ccccc1)c1ccccc1. The van der Waals surface area contributed by atoms with Gasteiger partial charge in [0.2, 0.25) is 0 Å². The Kier molecular flexibility index (Phi) is 4.57. The molecule has 0 heterocycles. The molecule has 0 spiro atoms. The Morgan fingerprint density at radius 3 is 2.15 bits per heavy atom. The van der Waals surface area contributed by atoms with E-state index < -0.39 is 17.7 Å². The van der Waals surface area contributed by atoms with Gasteiger partial charge in [-0.05, 0) is 0 Å². The molecule has 2 rings (SSSR count). The van der Waals surface area contributed by atoms with Crippen molar-refractivity contribution in [2.24, 2.45) is 4.99 Å². The lowest BCUT2D eigenvalue weighted by Crippen LogP contribution is -2.22. The van der Waals surface area contributed by atoms with Crippen LogP contribution in [-0.4, -0.2) is 22.5 Å². The number of aliphatic imine (C=N–C) groups is 1. The summed E-state index contributed by atoms with van der Waals surface area (Å²) in [5.41, 5.74) is 1.42. The van der Waals surface area contributed by atoms with Gasteiger partial charge in [0.1, 0.15) is 12.4 Å². The van der Waals surface area contributed by atoms with E-state index in [0.29, 0.717) is 11.1 Å². The van der Waals surface area contributed by atoms with Gasteiger partial charge in [-0.25, -0.2) is 0 Å². The number of aliphatic hydroxyl groups is 1. The van der Waals surface area contributed by atoms with Gasteiger partial charge in [0.15, 0.2) is 0 Å². The fourth-order valence-corrected chi connectivity index (χ4v) is 2.04. The lowest BCUT2D eigenvalue weighted by Gasteiger charge is -2.13. The van der Waals surface area contributed by atoms with Gasteiger partial charge in [-0.2, -0.15) is 0 Å². The Labute approximate surface area is 116 Å². The maximum Gasteiger partial charge on any atom is 0.279 e. The van der Waals surface area contributed by atoms with Gasteiger partial charge in [-0.1, -0.05) is 60.7 Å². The molecule has 2 aromatic carbocycles. The number of nitro groups is 1. The molecule has 0 aliphatic heterocycles. The lowest BCUT2D eigenvalue weighted by molar-refractivity contribution is -0.508. The third-order valence-electron chi connectivity index (χ3n) is 2.90. The zero-order chi connectivity index (χ0) is 14.4. The molecule has 0 saturated heterocycles. The number of hydrogen-bond donors (Lipinski definition) is 1. The van der Waals surface area contributed by atoms with Gasteiger partial charge in [0.05, 0.1) is 0 Å². The summed E-state index contributed by atoms with van der Waals surface area (Å²) in [6.45, 7) is -0.485. The number of hydrogen-bond acceptors (Lipinski definition) is 4. The number of rotatable bonds is 5. The molecule has 1 N–H and O–H groups in total. The number of nitrogens with zero attached hydrogens (tertiary/aromatic N) is 2. The monoisotopic (exact) mass is 270 g/mol. The van der Waals surface area contributed by atoms with Gasteiger partial charge >= 0.3 is 0 Å². The second-order valence-corrected chi connectivity index (χ2v) is 4.15. The first-order valence-electron chi connectivity index (χ1n) is 6.13. The van der Waals surface area contributed by atoms with E-state index in [-0.39, 0.29) is 5.71 Å². The molecule has 0 aromatic heterocycles. The van der Waals surface area contributed by atoms with Crippen molar-refractivity contribution in [2.45, 2.75) is 6.04 Å². The van der Waals surface area contributed by atoms with E-state index in [1.807, 2.05) is 6.07 Å². The van der Waals surface area contributed by atoms with Gasteiger partial charge in [-0.15, -0.1) is 0 Å². The summed E-state index contributed by atoms with van der Waals surface area (Å²) in [5.74, 6) is 0. The van der Waals surface area contributed by atoms with Crippen LogP contribution in [0.3, 0.4) is 0 Å². The summed E-state index contributed by atoms with van der Waals surface area (Å²) < 4.78 is 0. The van der Waals surface area contributed by atoms with Crippen LogP contribution in [0.2, 0.25) is 0 Å². The van der Waals surface area contributed by atoms with Crippen molar-refractivity contribution in [3.8, 4) is 0 Å². The third-order valence-corrected chi connectivity index (χ3v) is 2.90. The molecular weight excluding hydrogens is 256 g/mol. The van der Waals surface area contributed by atoms with Crippen LogP contribution in [0, 0.1) is 10.1 Å². The molecule has 5 heteroatoms. The molecule has 0 amide bonds. The summed E-state index contributed by atoms with van der Waals surface area (Å²) in [6.07, 6.45) is 0. The van der Waals surface area contributed by atoms with E-state index in [1.54, 1.807) is 54.6 Å². The Hall–Kier alpha value is -2.53. The van der Waals surface area contributed by atoms with Crippen molar-refractivity contribution < 1.29 is 10.0 Å². The molecule has 0 aliphatic rings. The van der Waals surface area contributed by atoms with Gasteiger partial charge in [0, 0.05) is 16.1 Å². The van der Waals surface area contributed by atoms with Crippen LogP contribution in [-0.2, 0) is 0 Å². The fourth-order valence-electron chi connectivity index (χ4n) is 2.04. The molecule has 0 radical (unpaired) electrons. The Morgan fingerprint density at radius 2 is 1.65 bits per heavy atom. The molecule has 0 fully saturated rings. The molecule has 5 nitrogen and oxygen atoms in total. The molecule has 102 valence electrons. The summed E-state index contributed by atoms with van der Waals surface area (Å²) in [4.78, 5) is 15.0. The highest BCUT2D eigenvalue weighted by molar-refractivity contribution is 6.04. The number of aliphatic hydroxyl groups excluding tert-OH is 1. The Bertz CT molecular complexity index is 597. The molecular formula is C15H14N2O3. The van der Waals surface area contributed by atoms with Crippen molar-refractivity contribution >= 4 is 5.71 Å². The van der Waals surface area contributed by atoms with Crippen LogP contribution in [0.5, 0.6) is 0 Å². The fraction of sp³-hybridized carbons (Fsp3) is 0.133. The molecule has 1 atom stereocenters. The van der Waals surface area contributed by atoms with E-state index in [0.717, 1.165) is 0 Å². The van der Waals surface area contributed by atoms with E-state index in [1.165, 1.54) is 0 Å². The number of benzene rings is 2. The van der Waals surface area contributed by atoms with Crippen molar-refractivity contribution in [3.63, 3.8) is 0 Å². The topological polar surface area (TPSA) is 75.7 Å². The van der Waals surface area contributed by atoms with Crippen LogP contribution in [0.25, 0.3) is 0 Å². The third kappa shape index (κ3) is 3.07. The zero-order valence-corrected chi connectivity index (χ0v) is 10.7. The molecule has 2 aromatic rings. The van der Waals surface area contributed by atoms with Crippen molar-refractivity contribution in [3.05, 3.63) is 81.9 Å². The summed E-state index contributed by atoms with van der Waals surface area (Å²) in [6, 6.07) is 16.4. The van der Waals surface area contributed by atoms with E-state index >= 15 is 0 Å². The average molecular weight is 270 g/mol. The molecule has 1 unspecified atom stereocenters. The minimum absolute atomic E-state index is 0.254. The molecule has 0 aliphatic carbocycles. The normalized spacial score (nSPS) is 12.9. The molecule has 0 bridgehead atoms. The first kappa shape index (κ1) is 13.9. The first-order valence-corrected chi connectivity index (χ1v) is 6.13. The van der Waals surface area contributed by atoms with Crippen molar-refractivity contribution in [1.29, 1.82) is 0 Å². The Morgan fingerprint density at radius 1 is 1.10 bits per heavy atom. The van der Waals surface area contributed by atoms with Crippen LogP contribution in [0.4, 0.5) is 0 Å². The summed E-state index contributed by atoms with van der Waals surface area (Å²) >= 11 is 0. The summed E-state index contributed by atoms with van der Waals surface area (Å²) in [5, 5.41) is 20.5. The van der Waals surface area contributed by atoms with Gasteiger partial charge in [0.25, 0.3) is 6.04 Å². The standard InChI is InChI=1S/C15H14N2O3/c18-11-16-14(12-7-3-1-4-8-12)15(17(19)20)13-9-5-2-6-10-13/h1-10,15,18H,11H2. The minimum Gasteiger partial charge on any atom is -0.375 e.